The van der Waals surface area contributed by atoms with Crippen molar-refractivity contribution >= 4 is 29.2 Å². The van der Waals surface area contributed by atoms with Gasteiger partial charge in [0.2, 0.25) is 0 Å². The second-order valence-electron chi connectivity index (χ2n) is 6.12. The molecule has 2 aromatic rings. The zero-order valence-electron chi connectivity index (χ0n) is 16.4. The summed E-state index contributed by atoms with van der Waals surface area (Å²) in [4.78, 5) is 24.7. The highest BCUT2D eigenvalue weighted by atomic mass is 35.5. The number of alkyl halides is 6. The van der Waals surface area contributed by atoms with Gasteiger partial charge in [0.15, 0.2) is 0 Å². The predicted octanol–water partition coefficient (Wildman–Crippen LogP) is 4.14. The molecule has 0 aliphatic heterocycles. The van der Waals surface area contributed by atoms with Crippen LogP contribution < -0.4 is 20.1 Å². The lowest BCUT2D eigenvalue weighted by Crippen LogP contribution is -2.69. The number of benzene rings is 2. The summed E-state index contributed by atoms with van der Waals surface area (Å²) in [5.74, 6) is -3.25. The molecule has 0 bridgehead atoms. The summed E-state index contributed by atoms with van der Waals surface area (Å²) in [6.45, 7) is 0. The maximum absolute atomic E-state index is 14.1. The first-order valence-electron chi connectivity index (χ1n) is 8.57. The summed E-state index contributed by atoms with van der Waals surface area (Å²) in [6, 6.07) is 8.60. The molecule has 0 heterocycles. The molecule has 32 heavy (non-hydrogen) atoms. The van der Waals surface area contributed by atoms with Crippen molar-refractivity contribution in [2.45, 2.75) is 17.4 Å². The van der Waals surface area contributed by atoms with Crippen LogP contribution in [0.5, 0.6) is 11.5 Å². The fourth-order valence-corrected chi connectivity index (χ4v) is 2.57. The molecule has 0 spiro atoms. The minimum absolute atomic E-state index is 0.210. The topological polar surface area (TPSA) is 85.9 Å². The number of amides is 1. The van der Waals surface area contributed by atoms with Crippen LogP contribution in [-0.4, -0.2) is 43.5 Å². The minimum Gasteiger partial charge on any atom is -0.497 e. The number of hydrogen-bond donors (Lipinski definition) is 2. The Morgan fingerprint density at radius 2 is 1.41 bits per heavy atom. The fourth-order valence-electron chi connectivity index (χ4n) is 2.49. The number of anilines is 1. The summed E-state index contributed by atoms with van der Waals surface area (Å²) < 4.78 is 80.8. The Kier molecular flexibility index (Phi) is 7.39. The molecule has 1 unspecified atom stereocenters. The number of carbonyl (C=O) groups is 2. The number of halogens is 6. The Morgan fingerprint density at radius 1 is 0.875 bits per heavy atom. The third-order valence-corrected chi connectivity index (χ3v) is 4.07. The van der Waals surface area contributed by atoms with Gasteiger partial charge < -0.3 is 24.8 Å². The van der Waals surface area contributed by atoms with Gasteiger partial charge in [0.05, 0.1) is 14.2 Å². The molecule has 0 aromatic heterocycles. The maximum Gasteiger partial charge on any atom is 0.487 e. The van der Waals surface area contributed by atoms with Gasteiger partial charge in [0, 0.05) is 22.9 Å². The lowest BCUT2D eigenvalue weighted by atomic mass is 10.1. The number of hydrogen-bond acceptors (Lipinski definition) is 6. The van der Waals surface area contributed by atoms with Crippen molar-refractivity contribution in [1.29, 1.82) is 0 Å². The van der Waals surface area contributed by atoms with Crippen molar-refractivity contribution in [1.82, 2.24) is 5.32 Å². The molecule has 0 saturated heterocycles. The molecular weight excluding hydrogens is 467 g/mol. The molecule has 2 N–H and O–H groups in total. The number of rotatable bonds is 8. The first kappa shape index (κ1) is 25.0. The van der Waals surface area contributed by atoms with Crippen LogP contribution in [0.2, 0.25) is 0 Å². The number of methoxy groups -OCH3 is 2. The van der Waals surface area contributed by atoms with E-state index in [0.717, 1.165) is 24.3 Å². The molecular formula is C19H16ClF5N2O5. The number of nitrogens with one attached hydrogen (secondary N) is 2. The van der Waals surface area contributed by atoms with E-state index in [1.165, 1.54) is 31.4 Å². The SMILES string of the molecule is COC(=O)C(NC(=O)c1ccc(OC)cc1)(Nc1ccc(OC(F)(F)Cl)cc1)C(F)(F)F. The Morgan fingerprint density at radius 3 is 1.84 bits per heavy atom. The highest BCUT2D eigenvalue weighted by Crippen LogP contribution is 2.34. The minimum atomic E-state index is -5.39. The van der Waals surface area contributed by atoms with E-state index >= 15 is 0 Å². The van der Waals surface area contributed by atoms with E-state index in [0.29, 0.717) is 12.9 Å². The Hall–Kier alpha value is -3.28. The van der Waals surface area contributed by atoms with Crippen LogP contribution in [0.15, 0.2) is 48.5 Å². The zero-order valence-corrected chi connectivity index (χ0v) is 17.2. The van der Waals surface area contributed by atoms with Gasteiger partial charge in [0.25, 0.3) is 5.91 Å². The van der Waals surface area contributed by atoms with Gasteiger partial charge >= 0.3 is 23.4 Å². The van der Waals surface area contributed by atoms with Crippen LogP contribution in [0.1, 0.15) is 10.4 Å². The molecule has 1 amide bonds. The summed E-state index contributed by atoms with van der Waals surface area (Å²) in [5.41, 5.74) is -8.34. The van der Waals surface area contributed by atoms with Crippen molar-refractivity contribution in [3.05, 3.63) is 54.1 Å². The normalized spacial score (nSPS) is 13.5. The van der Waals surface area contributed by atoms with Gasteiger partial charge in [-0.15, -0.1) is 8.78 Å². The fraction of sp³-hybridized carbons (Fsp3) is 0.263. The van der Waals surface area contributed by atoms with E-state index in [9.17, 15) is 31.5 Å². The molecule has 0 fully saturated rings. The quantitative estimate of drug-likeness (QED) is 0.255. The summed E-state index contributed by atoms with van der Waals surface area (Å²) in [5, 5.41) is 3.48. The first-order valence-corrected chi connectivity index (χ1v) is 8.95. The molecule has 0 aliphatic carbocycles. The molecule has 1 atom stereocenters. The van der Waals surface area contributed by atoms with E-state index in [-0.39, 0.29) is 11.3 Å². The van der Waals surface area contributed by atoms with Crippen molar-refractivity contribution in [3.63, 3.8) is 0 Å². The standard InChI is InChI=1S/C19H16ClF5N2O5/c1-30-13-7-3-11(4-8-13)15(28)27-17(16(29)31-2,18(21,22)23)26-12-5-9-14(10-6-12)32-19(20,24)25/h3-10,26H,1-2H3,(H,27,28). The average Bonchev–Trinajstić information content (AvgIpc) is 2.72. The monoisotopic (exact) mass is 482 g/mol. The van der Waals surface area contributed by atoms with Gasteiger partial charge in [-0.1, -0.05) is 0 Å². The van der Waals surface area contributed by atoms with E-state index in [1.54, 1.807) is 5.32 Å². The maximum atomic E-state index is 14.1. The van der Waals surface area contributed by atoms with Crippen LogP contribution >= 0.6 is 11.6 Å². The van der Waals surface area contributed by atoms with Gasteiger partial charge in [-0.2, -0.15) is 13.2 Å². The van der Waals surface area contributed by atoms with Crippen LogP contribution in [0.25, 0.3) is 0 Å². The summed E-state index contributed by atoms with van der Waals surface area (Å²) in [7, 11) is 2.05. The summed E-state index contributed by atoms with van der Waals surface area (Å²) in [6.07, 6.45) is -5.39. The van der Waals surface area contributed by atoms with Crippen molar-refractivity contribution in [2.75, 3.05) is 19.5 Å². The average molecular weight is 483 g/mol. The molecule has 2 aromatic carbocycles. The Balaban J connectivity index is 2.40. The largest absolute Gasteiger partial charge is 0.497 e. The number of esters is 1. The highest BCUT2D eigenvalue weighted by Gasteiger charge is 2.63. The summed E-state index contributed by atoms with van der Waals surface area (Å²) >= 11 is 4.63. The van der Waals surface area contributed by atoms with Crippen molar-refractivity contribution in [3.8, 4) is 11.5 Å². The second-order valence-corrected chi connectivity index (χ2v) is 6.56. The van der Waals surface area contributed by atoms with Crippen LogP contribution in [0.4, 0.5) is 27.6 Å². The van der Waals surface area contributed by atoms with E-state index < -0.39 is 35.0 Å². The van der Waals surface area contributed by atoms with Crippen molar-refractivity contribution in [2.24, 2.45) is 0 Å². The van der Waals surface area contributed by atoms with Crippen LogP contribution in [0.3, 0.4) is 0 Å². The van der Waals surface area contributed by atoms with Gasteiger partial charge in [-0.3, -0.25) is 4.79 Å². The van der Waals surface area contributed by atoms with Gasteiger partial charge in [-0.05, 0) is 48.5 Å². The molecule has 0 radical (unpaired) electrons. The first-order chi connectivity index (χ1) is 14.8. The molecule has 0 aliphatic rings. The Bertz CT molecular complexity index is 949. The predicted molar refractivity (Wildman–Crippen MR) is 103 cm³/mol. The van der Waals surface area contributed by atoms with Crippen LogP contribution in [-0.2, 0) is 9.53 Å². The van der Waals surface area contributed by atoms with Crippen LogP contribution in [0, 0.1) is 0 Å². The second kappa shape index (κ2) is 9.47. The molecule has 7 nitrogen and oxygen atoms in total. The third-order valence-electron chi connectivity index (χ3n) is 3.99. The van der Waals surface area contributed by atoms with E-state index in [2.05, 4.69) is 21.1 Å². The van der Waals surface area contributed by atoms with E-state index in [4.69, 9.17) is 4.74 Å². The molecule has 174 valence electrons. The van der Waals surface area contributed by atoms with Gasteiger partial charge in [0.1, 0.15) is 11.5 Å². The highest BCUT2D eigenvalue weighted by molar-refractivity contribution is 6.20. The smallest absolute Gasteiger partial charge is 0.487 e. The Labute approximate surface area is 183 Å². The third kappa shape index (κ3) is 5.90. The lowest BCUT2D eigenvalue weighted by molar-refractivity contribution is -0.203. The lowest BCUT2D eigenvalue weighted by Gasteiger charge is -2.35. The van der Waals surface area contributed by atoms with E-state index in [1.807, 2.05) is 5.32 Å². The number of ether oxygens (including phenoxy) is 3. The van der Waals surface area contributed by atoms with Crippen molar-refractivity contribution < 1.29 is 45.8 Å². The number of carbonyl (C=O) groups excluding carboxylic acids is 2. The van der Waals surface area contributed by atoms with Gasteiger partial charge in [-0.25, -0.2) is 4.79 Å². The molecule has 2 rings (SSSR count). The molecule has 0 saturated carbocycles. The molecule has 13 heteroatoms. The zero-order chi connectivity index (χ0) is 24.2.